The van der Waals surface area contributed by atoms with Gasteiger partial charge in [0.25, 0.3) is 5.91 Å². The Bertz CT molecular complexity index is 979. The van der Waals surface area contributed by atoms with E-state index in [0.29, 0.717) is 22.8 Å². The van der Waals surface area contributed by atoms with Gasteiger partial charge in [-0.1, -0.05) is 30.0 Å². The van der Waals surface area contributed by atoms with Crippen molar-refractivity contribution in [2.75, 3.05) is 19.9 Å². The van der Waals surface area contributed by atoms with Gasteiger partial charge in [0, 0.05) is 11.5 Å². The topological polar surface area (TPSA) is 69.9 Å². The van der Waals surface area contributed by atoms with Crippen LogP contribution in [-0.2, 0) is 0 Å². The van der Waals surface area contributed by atoms with Gasteiger partial charge >= 0.3 is 0 Å². The monoisotopic (exact) mass is 349 g/mol. The van der Waals surface area contributed by atoms with E-state index in [4.69, 9.17) is 18.6 Å². The molecule has 1 N–H and O–H groups in total. The summed E-state index contributed by atoms with van der Waals surface area (Å²) in [5, 5.41) is 3.58. The largest absolute Gasteiger partial charge is 0.481 e. The number of carbonyl (C=O) groups excluding carboxylic acids is 1. The summed E-state index contributed by atoms with van der Waals surface area (Å²) in [6.45, 7) is 0.643. The van der Waals surface area contributed by atoms with Crippen LogP contribution in [0.25, 0.3) is 11.0 Å². The average Bonchev–Trinajstić information content (AvgIpc) is 3.30. The molecule has 0 saturated carbocycles. The van der Waals surface area contributed by atoms with E-state index in [1.165, 1.54) is 0 Å². The van der Waals surface area contributed by atoms with Gasteiger partial charge in [0.15, 0.2) is 17.3 Å². The van der Waals surface area contributed by atoms with Crippen molar-refractivity contribution < 1.29 is 23.4 Å². The van der Waals surface area contributed by atoms with Gasteiger partial charge in [-0.25, -0.2) is 0 Å². The number of fused-ring (bicyclic) bond motifs is 2. The zero-order valence-electron chi connectivity index (χ0n) is 13.8. The summed E-state index contributed by atoms with van der Waals surface area (Å²) < 4.78 is 21.5. The first kappa shape index (κ1) is 15.9. The molecule has 2 aromatic carbocycles. The molecule has 0 radical (unpaired) electrons. The molecule has 0 aliphatic carbocycles. The summed E-state index contributed by atoms with van der Waals surface area (Å²) in [4.78, 5) is 12.0. The Balaban J connectivity index is 1.25. The van der Waals surface area contributed by atoms with Crippen molar-refractivity contribution in [3.8, 4) is 29.1 Å². The molecular weight excluding hydrogens is 334 g/mol. The molecule has 2 heterocycles. The lowest BCUT2D eigenvalue weighted by Crippen LogP contribution is -2.23. The van der Waals surface area contributed by atoms with Crippen LogP contribution in [0, 0.1) is 11.8 Å². The highest BCUT2D eigenvalue weighted by molar-refractivity contribution is 5.96. The molecule has 0 spiro atoms. The second-order valence-electron chi connectivity index (χ2n) is 5.49. The van der Waals surface area contributed by atoms with Crippen molar-refractivity contribution in [3.05, 3.63) is 54.3 Å². The Morgan fingerprint density at radius 1 is 1.08 bits per heavy atom. The Hall–Kier alpha value is -3.59. The molecular formula is C20H15NO5. The number of hydrogen-bond donors (Lipinski definition) is 1. The van der Waals surface area contributed by atoms with Crippen LogP contribution in [0.3, 0.4) is 0 Å². The van der Waals surface area contributed by atoms with Gasteiger partial charge in [-0.2, -0.15) is 0 Å². The van der Waals surface area contributed by atoms with Crippen LogP contribution < -0.4 is 19.5 Å². The van der Waals surface area contributed by atoms with E-state index >= 15 is 0 Å². The fraction of sp³-hybridized carbons (Fsp3) is 0.150. The molecule has 3 aromatic rings. The Labute approximate surface area is 149 Å². The normalized spacial score (nSPS) is 11.7. The van der Waals surface area contributed by atoms with Gasteiger partial charge in [-0.05, 0) is 24.3 Å². The van der Waals surface area contributed by atoms with Gasteiger partial charge in [0.2, 0.25) is 6.79 Å². The first-order chi connectivity index (χ1) is 12.8. The molecule has 1 aliphatic heterocycles. The van der Waals surface area contributed by atoms with Crippen molar-refractivity contribution in [2.24, 2.45) is 0 Å². The van der Waals surface area contributed by atoms with Crippen molar-refractivity contribution >= 4 is 16.9 Å². The van der Waals surface area contributed by atoms with Crippen molar-refractivity contribution in [2.45, 2.75) is 0 Å². The van der Waals surface area contributed by atoms with Crippen LogP contribution in [-0.4, -0.2) is 25.9 Å². The van der Waals surface area contributed by atoms with E-state index in [9.17, 15) is 4.79 Å². The van der Waals surface area contributed by atoms with Crippen LogP contribution in [0.5, 0.6) is 17.2 Å². The third-order valence-corrected chi connectivity index (χ3v) is 3.77. The molecule has 0 fully saturated rings. The Kier molecular flexibility index (Phi) is 4.35. The zero-order chi connectivity index (χ0) is 17.8. The number of amides is 1. The highest BCUT2D eigenvalue weighted by Gasteiger charge is 2.13. The number of furan rings is 1. The predicted octanol–water partition coefficient (Wildman–Crippen LogP) is 2.97. The number of hydrogen-bond acceptors (Lipinski definition) is 5. The lowest BCUT2D eigenvalue weighted by atomic mass is 10.2. The van der Waals surface area contributed by atoms with E-state index in [1.807, 2.05) is 24.3 Å². The molecule has 0 unspecified atom stereocenters. The number of rotatable bonds is 4. The smallest absolute Gasteiger partial charge is 0.287 e. The maximum atomic E-state index is 12.0. The molecule has 0 saturated heterocycles. The van der Waals surface area contributed by atoms with Gasteiger partial charge < -0.3 is 23.9 Å². The lowest BCUT2D eigenvalue weighted by molar-refractivity contribution is 0.0933. The standard InChI is InChI=1S/C20H15NO5/c22-20(19-11-14-5-1-2-6-16(14)26-19)21-9-3-4-10-23-15-7-8-17-18(12-15)25-13-24-17/h1-2,5-8,11-12H,9-10,13H2,(H,21,22). The summed E-state index contributed by atoms with van der Waals surface area (Å²) in [6.07, 6.45) is 0. The molecule has 6 nitrogen and oxygen atoms in total. The van der Waals surface area contributed by atoms with Crippen LogP contribution in [0.2, 0.25) is 0 Å². The number of carbonyl (C=O) groups is 1. The van der Waals surface area contributed by atoms with E-state index in [-0.39, 0.29) is 31.6 Å². The quantitative estimate of drug-likeness (QED) is 0.734. The molecule has 0 bridgehead atoms. The highest BCUT2D eigenvalue weighted by Crippen LogP contribution is 2.34. The minimum absolute atomic E-state index is 0.208. The number of nitrogens with one attached hydrogen (secondary N) is 1. The van der Waals surface area contributed by atoms with Crippen molar-refractivity contribution in [1.82, 2.24) is 5.32 Å². The van der Waals surface area contributed by atoms with E-state index in [1.54, 1.807) is 24.3 Å². The fourth-order valence-corrected chi connectivity index (χ4v) is 2.50. The van der Waals surface area contributed by atoms with Crippen LogP contribution in [0.1, 0.15) is 10.6 Å². The number of ether oxygens (including phenoxy) is 3. The van der Waals surface area contributed by atoms with Crippen LogP contribution >= 0.6 is 0 Å². The van der Waals surface area contributed by atoms with E-state index < -0.39 is 0 Å². The average molecular weight is 349 g/mol. The SMILES string of the molecule is O=C(NCC#CCOc1ccc2c(c1)OCO2)c1cc2ccccc2o1. The summed E-state index contributed by atoms with van der Waals surface area (Å²) in [6, 6.07) is 14.5. The third kappa shape index (κ3) is 3.42. The second kappa shape index (κ2) is 7.11. The van der Waals surface area contributed by atoms with Crippen molar-refractivity contribution in [3.63, 3.8) is 0 Å². The summed E-state index contributed by atoms with van der Waals surface area (Å²) in [7, 11) is 0. The maximum absolute atomic E-state index is 12.0. The number of benzene rings is 2. The van der Waals surface area contributed by atoms with Crippen molar-refractivity contribution in [1.29, 1.82) is 0 Å². The first-order valence-corrected chi connectivity index (χ1v) is 8.04. The van der Waals surface area contributed by atoms with E-state index in [0.717, 1.165) is 5.39 Å². The molecule has 1 aromatic heterocycles. The van der Waals surface area contributed by atoms with Gasteiger partial charge in [0.1, 0.15) is 17.9 Å². The summed E-state index contributed by atoms with van der Waals surface area (Å²) in [5.74, 6) is 7.67. The van der Waals surface area contributed by atoms with Gasteiger partial charge in [-0.15, -0.1) is 0 Å². The molecule has 26 heavy (non-hydrogen) atoms. The van der Waals surface area contributed by atoms with Crippen LogP contribution in [0.4, 0.5) is 0 Å². The molecule has 6 heteroatoms. The molecule has 0 atom stereocenters. The predicted molar refractivity (Wildman–Crippen MR) is 94.4 cm³/mol. The molecule has 4 rings (SSSR count). The minimum Gasteiger partial charge on any atom is -0.481 e. The maximum Gasteiger partial charge on any atom is 0.287 e. The summed E-state index contributed by atoms with van der Waals surface area (Å²) >= 11 is 0. The lowest BCUT2D eigenvalue weighted by Gasteiger charge is -2.02. The molecule has 130 valence electrons. The number of para-hydroxylation sites is 1. The first-order valence-electron chi connectivity index (χ1n) is 8.04. The Morgan fingerprint density at radius 3 is 2.88 bits per heavy atom. The molecule has 1 aliphatic rings. The minimum atomic E-state index is -0.299. The highest BCUT2D eigenvalue weighted by atomic mass is 16.7. The van der Waals surface area contributed by atoms with Crippen LogP contribution in [0.15, 0.2) is 52.9 Å². The van der Waals surface area contributed by atoms with Gasteiger partial charge in [0.05, 0.1) is 6.54 Å². The summed E-state index contributed by atoms with van der Waals surface area (Å²) in [5.41, 5.74) is 0.681. The van der Waals surface area contributed by atoms with Gasteiger partial charge in [-0.3, -0.25) is 4.79 Å². The molecule has 1 amide bonds. The fourth-order valence-electron chi connectivity index (χ4n) is 2.50. The third-order valence-electron chi connectivity index (χ3n) is 3.77. The van der Waals surface area contributed by atoms with E-state index in [2.05, 4.69) is 17.2 Å². The Morgan fingerprint density at radius 2 is 1.96 bits per heavy atom. The zero-order valence-corrected chi connectivity index (χ0v) is 13.8. The second-order valence-corrected chi connectivity index (χ2v) is 5.49.